The molecule has 1 aromatic carbocycles. The molecule has 0 spiro atoms. The van der Waals surface area contributed by atoms with Crippen molar-refractivity contribution >= 4 is 29.1 Å². The van der Waals surface area contributed by atoms with E-state index in [9.17, 15) is 9.00 Å². The van der Waals surface area contributed by atoms with E-state index in [4.69, 9.17) is 15.2 Å². The average Bonchev–Trinajstić information content (AvgIpc) is 2.52. The van der Waals surface area contributed by atoms with Crippen LogP contribution in [0.5, 0.6) is 11.5 Å². The summed E-state index contributed by atoms with van der Waals surface area (Å²) >= 11 is 0. The summed E-state index contributed by atoms with van der Waals surface area (Å²) in [5, 5.41) is 2.74. The number of ether oxygens (including phenoxy) is 2. The summed E-state index contributed by atoms with van der Waals surface area (Å²) in [7, 11) is -1.23. The quantitative estimate of drug-likeness (QED) is 0.713. The molecule has 2 rings (SSSR count). The maximum atomic E-state index is 12.2. The van der Waals surface area contributed by atoms with E-state index < -0.39 is 10.8 Å². The molecule has 3 N–H and O–H groups in total. The van der Waals surface area contributed by atoms with Crippen molar-refractivity contribution in [1.29, 1.82) is 0 Å². The molecule has 0 saturated heterocycles. The van der Waals surface area contributed by atoms with Gasteiger partial charge in [0.2, 0.25) is 5.91 Å². The summed E-state index contributed by atoms with van der Waals surface area (Å²) in [4.78, 5) is 12.2. The summed E-state index contributed by atoms with van der Waals surface area (Å²) in [6, 6.07) is 5.22. The standard InChI is InChI=1S/C14H20N2O4S.ClH/c15-5-1-6-16-14(17)4-9-21(18)11-2-3-12-13(10-11)20-8-7-19-12;/h2-3,10H,1,4-9,15H2,(H,16,17);1H. The van der Waals surface area contributed by atoms with Gasteiger partial charge in [-0.15, -0.1) is 12.4 Å². The van der Waals surface area contributed by atoms with E-state index in [1.54, 1.807) is 18.2 Å². The largest absolute Gasteiger partial charge is 0.486 e. The lowest BCUT2D eigenvalue weighted by Crippen LogP contribution is -2.27. The number of halogens is 1. The summed E-state index contributed by atoms with van der Waals surface area (Å²) < 4.78 is 23.0. The van der Waals surface area contributed by atoms with Crippen LogP contribution < -0.4 is 20.5 Å². The number of amides is 1. The van der Waals surface area contributed by atoms with Crippen LogP contribution in [0.15, 0.2) is 23.1 Å². The van der Waals surface area contributed by atoms with Crippen LogP contribution in [0.1, 0.15) is 12.8 Å². The van der Waals surface area contributed by atoms with Crippen molar-refractivity contribution < 1.29 is 18.5 Å². The lowest BCUT2D eigenvalue weighted by Gasteiger charge is -2.18. The van der Waals surface area contributed by atoms with Gasteiger partial charge in [-0.2, -0.15) is 0 Å². The molecule has 0 radical (unpaired) electrons. The van der Waals surface area contributed by atoms with Gasteiger partial charge in [-0.05, 0) is 25.1 Å². The molecule has 1 aliphatic rings. The molecule has 8 heteroatoms. The molecule has 1 aliphatic heterocycles. The number of hydrogen-bond donors (Lipinski definition) is 2. The predicted octanol–water partition coefficient (Wildman–Crippen LogP) is 0.842. The molecular weight excluding hydrogens is 328 g/mol. The highest BCUT2D eigenvalue weighted by Crippen LogP contribution is 2.31. The van der Waals surface area contributed by atoms with Gasteiger partial charge >= 0.3 is 0 Å². The van der Waals surface area contributed by atoms with E-state index in [1.807, 2.05) is 0 Å². The molecule has 1 aromatic rings. The van der Waals surface area contributed by atoms with Crippen molar-refractivity contribution in [3.63, 3.8) is 0 Å². The maximum absolute atomic E-state index is 12.2. The van der Waals surface area contributed by atoms with Crippen molar-refractivity contribution in [2.45, 2.75) is 17.7 Å². The van der Waals surface area contributed by atoms with Crippen LogP contribution in [0.4, 0.5) is 0 Å². The molecule has 6 nitrogen and oxygen atoms in total. The number of rotatable bonds is 7. The van der Waals surface area contributed by atoms with Gasteiger partial charge < -0.3 is 20.5 Å². The van der Waals surface area contributed by atoms with Crippen LogP contribution in [-0.2, 0) is 15.6 Å². The van der Waals surface area contributed by atoms with Gasteiger partial charge in [0.05, 0.1) is 10.8 Å². The highest BCUT2D eigenvalue weighted by Gasteiger charge is 2.14. The SMILES string of the molecule is Cl.NCCCNC(=O)CCS(=O)c1ccc2c(c1)OCCO2. The minimum atomic E-state index is -1.23. The summed E-state index contributed by atoms with van der Waals surface area (Å²) in [6.45, 7) is 2.13. The normalized spacial score (nSPS) is 13.9. The molecular formula is C14H21ClN2O4S. The maximum Gasteiger partial charge on any atom is 0.220 e. The number of carbonyl (C=O) groups excluding carboxylic acids is 1. The molecule has 1 unspecified atom stereocenters. The minimum absolute atomic E-state index is 0. The van der Waals surface area contributed by atoms with E-state index in [0.717, 1.165) is 6.42 Å². The van der Waals surface area contributed by atoms with Crippen molar-refractivity contribution in [3.8, 4) is 11.5 Å². The minimum Gasteiger partial charge on any atom is -0.486 e. The molecule has 0 bridgehead atoms. The van der Waals surface area contributed by atoms with Crippen molar-refractivity contribution in [1.82, 2.24) is 5.32 Å². The fraction of sp³-hybridized carbons (Fsp3) is 0.500. The van der Waals surface area contributed by atoms with E-state index in [0.29, 0.717) is 42.7 Å². The Labute approximate surface area is 138 Å². The Balaban J connectivity index is 0.00000242. The predicted molar refractivity (Wildman–Crippen MR) is 87.3 cm³/mol. The van der Waals surface area contributed by atoms with Crippen LogP contribution in [0.2, 0.25) is 0 Å². The smallest absolute Gasteiger partial charge is 0.220 e. The van der Waals surface area contributed by atoms with Crippen LogP contribution >= 0.6 is 12.4 Å². The number of fused-ring (bicyclic) bond motifs is 1. The van der Waals surface area contributed by atoms with Crippen molar-refractivity contribution in [2.75, 3.05) is 32.1 Å². The zero-order valence-corrected chi connectivity index (χ0v) is 13.8. The number of nitrogens with two attached hydrogens (primary N) is 1. The summed E-state index contributed by atoms with van der Waals surface area (Å²) in [6.07, 6.45) is 0.975. The van der Waals surface area contributed by atoms with Gasteiger partial charge in [-0.3, -0.25) is 9.00 Å². The number of carbonyl (C=O) groups is 1. The molecule has 0 saturated carbocycles. The molecule has 1 amide bonds. The lowest BCUT2D eigenvalue weighted by molar-refractivity contribution is -0.120. The van der Waals surface area contributed by atoms with Gasteiger partial charge in [0.25, 0.3) is 0 Å². The number of benzene rings is 1. The Hall–Kier alpha value is -1.31. The van der Waals surface area contributed by atoms with Gasteiger partial charge in [-0.25, -0.2) is 0 Å². The molecule has 0 aliphatic carbocycles. The molecule has 1 atom stereocenters. The van der Waals surface area contributed by atoms with Crippen LogP contribution in [0.3, 0.4) is 0 Å². The second-order valence-corrected chi connectivity index (χ2v) is 6.17. The highest BCUT2D eigenvalue weighted by molar-refractivity contribution is 7.85. The molecule has 0 fully saturated rings. The third kappa shape index (κ3) is 5.47. The first-order valence-electron chi connectivity index (χ1n) is 6.95. The van der Waals surface area contributed by atoms with E-state index >= 15 is 0 Å². The topological polar surface area (TPSA) is 90.7 Å². The second kappa shape index (κ2) is 9.66. The first-order valence-corrected chi connectivity index (χ1v) is 8.27. The fourth-order valence-corrected chi connectivity index (χ4v) is 2.95. The molecule has 124 valence electrons. The van der Waals surface area contributed by atoms with Gasteiger partial charge in [0, 0.05) is 29.7 Å². The number of hydrogen-bond acceptors (Lipinski definition) is 5. The average molecular weight is 349 g/mol. The highest BCUT2D eigenvalue weighted by atomic mass is 35.5. The van der Waals surface area contributed by atoms with E-state index in [1.165, 1.54) is 0 Å². The monoisotopic (exact) mass is 348 g/mol. The van der Waals surface area contributed by atoms with Crippen molar-refractivity contribution in [2.24, 2.45) is 5.73 Å². The van der Waals surface area contributed by atoms with Crippen LogP contribution in [0.25, 0.3) is 0 Å². The Morgan fingerprint density at radius 3 is 2.73 bits per heavy atom. The second-order valence-electron chi connectivity index (χ2n) is 4.60. The third-order valence-corrected chi connectivity index (χ3v) is 4.35. The van der Waals surface area contributed by atoms with Gasteiger partial charge in [0.15, 0.2) is 11.5 Å². The van der Waals surface area contributed by atoms with E-state index in [-0.39, 0.29) is 30.5 Å². The summed E-state index contributed by atoms with van der Waals surface area (Å²) in [5.74, 6) is 1.46. The Bertz CT molecular complexity index is 528. The van der Waals surface area contributed by atoms with Crippen molar-refractivity contribution in [3.05, 3.63) is 18.2 Å². The van der Waals surface area contributed by atoms with E-state index in [2.05, 4.69) is 5.32 Å². The van der Waals surface area contributed by atoms with Crippen LogP contribution in [-0.4, -0.2) is 42.2 Å². The van der Waals surface area contributed by atoms with Crippen LogP contribution in [0, 0.1) is 0 Å². The lowest BCUT2D eigenvalue weighted by atomic mass is 10.3. The Kier molecular flexibility index (Phi) is 8.22. The first-order chi connectivity index (χ1) is 10.2. The summed E-state index contributed by atoms with van der Waals surface area (Å²) in [5.41, 5.74) is 5.35. The third-order valence-electron chi connectivity index (χ3n) is 2.99. The Morgan fingerprint density at radius 2 is 2.00 bits per heavy atom. The molecule has 1 heterocycles. The molecule has 0 aromatic heterocycles. The zero-order valence-electron chi connectivity index (χ0n) is 12.2. The zero-order chi connectivity index (χ0) is 15.1. The first kappa shape index (κ1) is 18.7. The fourth-order valence-electron chi connectivity index (χ4n) is 1.89. The Morgan fingerprint density at radius 1 is 1.27 bits per heavy atom. The van der Waals surface area contributed by atoms with Gasteiger partial charge in [-0.1, -0.05) is 0 Å². The molecule has 22 heavy (non-hydrogen) atoms. The number of nitrogens with one attached hydrogen (secondary N) is 1. The van der Waals surface area contributed by atoms with Gasteiger partial charge in [0.1, 0.15) is 13.2 Å².